The minimum absolute atomic E-state index is 0. The van der Waals surface area contributed by atoms with Crippen LogP contribution in [0.1, 0.15) is 38.3 Å². The fourth-order valence-corrected chi connectivity index (χ4v) is 2.82. The van der Waals surface area contributed by atoms with E-state index in [1.165, 1.54) is 21.9 Å². The Bertz CT molecular complexity index is 830. The maximum atomic E-state index is 6.19. The molecule has 0 aliphatic carbocycles. The van der Waals surface area contributed by atoms with Gasteiger partial charge in [0.25, 0.3) is 0 Å². The van der Waals surface area contributed by atoms with Crippen LogP contribution in [0.4, 0.5) is 0 Å². The van der Waals surface area contributed by atoms with Crippen LogP contribution >= 0.6 is 12.4 Å². The molecule has 0 atom stereocenters. The zero-order chi connectivity index (χ0) is 17.7. The van der Waals surface area contributed by atoms with Crippen LogP contribution in [0.3, 0.4) is 0 Å². The monoisotopic (exact) mass is 369 g/mol. The minimum atomic E-state index is 0. The molecule has 0 radical (unpaired) electrons. The third-order valence-corrected chi connectivity index (χ3v) is 4.86. The molecule has 0 fully saturated rings. The van der Waals surface area contributed by atoms with Gasteiger partial charge in [-0.15, -0.1) is 12.4 Å². The molecule has 3 aromatic rings. The van der Waals surface area contributed by atoms with Crippen molar-refractivity contribution in [2.75, 3.05) is 0 Å². The van der Waals surface area contributed by atoms with Gasteiger partial charge in [0.1, 0.15) is 12.4 Å². The first-order valence-electron chi connectivity index (χ1n) is 9.01. The fourth-order valence-electron chi connectivity index (χ4n) is 2.82. The van der Waals surface area contributed by atoms with Crippen LogP contribution < -0.4 is 10.1 Å². The molecule has 26 heavy (non-hydrogen) atoms. The Labute approximate surface area is 163 Å². The molecule has 0 saturated heterocycles. The lowest BCUT2D eigenvalue weighted by Crippen LogP contribution is -2.37. The molecule has 0 aliphatic rings. The Morgan fingerprint density at radius 2 is 1.58 bits per heavy atom. The molecule has 1 N–H and O–H groups in total. The van der Waals surface area contributed by atoms with Crippen LogP contribution in [-0.2, 0) is 13.2 Å². The fraction of sp³-hybridized carbons (Fsp3) is 0.304. The first-order chi connectivity index (χ1) is 12.1. The summed E-state index contributed by atoms with van der Waals surface area (Å²) in [5.74, 6) is 0.960. The maximum absolute atomic E-state index is 6.19. The van der Waals surface area contributed by atoms with Crippen LogP contribution in [0, 0.1) is 0 Å². The molecular weight excluding hydrogens is 342 g/mol. The van der Waals surface area contributed by atoms with Crippen molar-refractivity contribution >= 4 is 23.2 Å². The number of nitrogens with one attached hydrogen (secondary N) is 1. The van der Waals surface area contributed by atoms with E-state index in [4.69, 9.17) is 4.74 Å². The van der Waals surface area contributed by atoms with E-state index in [0.717, 1.165) is 18.7 Å². The van der Waals surface area contributed by atoms with E-state index in [1.54, 1.807) is 0 Å². The molecule has 3 aromatic carbocycles. The molecule has 0 spiro atoms. The molecule has 0 aliphatic heterocycles. The molecule has 0 heterocycles. The molecule has 3 rings (SSSR count). The number of fused-ring (bicyclic) bond motifs is 1. The summed E-state index contributed by atoms with van der Waals surface area (Å²) in [6.07, 6.45) is 1.08. The van der Waals surface area contributed by atoms with Gasteiger partial charge < -0.3 is 10.1 Å². The standard InChI is InChI=1S/C23H27NO.ClH/c1-4-23(2,3)24-16-21-20-13-9-8-12-19(20)14-15-22(21)25-17-18-10-6-5-7-11-18;/h5-15,24H,4,16-17H2,1-3H3;1H. The van der Waals surface area contributed by atoms with Gasteiger partial charge in [0, 0.05) is 17.6 Å². The Hall–Kier alpha value is -2.03. The van der Waals surface area contributed by atoms with Crippen molar-refractivity contribution in [3.05, 3.63) is 77.9 Å². The second-order valence-corrected chi connectivity index (χ2v) is 7.13. The Morgan fingerprint density at radius 3 is 2.31 bits per heavy atom. The predicted molar refractivity (Wildman–Crippen MR) is 113 cm³/mol. The second kappa shape index (κ2) is 9.07. The number of hydrogen-bond donors (Lipinski definition) is 1. The minimum Gasteiger partial charge on any atom is -0.489 e. The van der Waals surface area contributed by atoms with Crippen molar-refractivity contribution in [2.24, 2.45) is 0 Å². The van der Waals surface area contributed by atoms with Gasteiger partial charge in [0.2, 0.25) is 0 Å². The summed E-state index contributed by atoms with van der Waals surface area (Å²) >= 11 is 0. The number of rotatable bonds is 7. The van der Waals surface area contributed by atoms with Crippen molar-refractivity contribution in [1.82, 2.24) is 5.32 Å². The van der Waals surface area contributed by atoms with Gasteiger partial charge in [-0.25, -0.2) is 0 Å². The number of hydrogen-bond acceptors (Lipinski definition) is 2. The van der Waals surface area contributed by atoms with Gasteiger partial charge in [-0.1, -0.05) is 67.6 Å². The van der Waals surface area contributed by atoms with Crippen molar-refractivity contribution in [1.29, 1.82) is 0 Å². The zero-order valence-electron chi connectivity index (χ0n) is 15.8. The summed E-state index contributed by atoms with van der Waals surface area (Å²) in [7, 11) is 0. The van der Waals surface area contributed by atoms with E-state index in [2.05, 4.69) is 74.6 Å². The Kier molecular flexibility index (Phi) is 7.07. The molecule has 0 saturated carbocycles. The van der Waals surface area contributed by atoms with Gasteiger partial charge in [0.05, 0.1) is 0 Å². The Morgan fingerprint density at radius 1 is 0.885 bits per heavy atom. The van der Waals surface area contributed by atoms with Gasteiger partial charge in [0.15, 0.2) is 0 Å². The summed E-state index contributed by atoms with van der Waals surface area (Å²) < 4.78 is 6.19. The van der Waals surface area contributed by atoms with Crippen molar-refractivity contribution in [3.63, 3.8) is 0 Å². The predicted octanol–water partition coefficient (Wildman–Crippen LogP) is 6.12. The molecule has 3 heteroatoms. The average Bonchev–Trinajstić information content (AvgIpc) is 2.65. The summed E-state index contributed by atoms with van der Waals surface area (Å²) in [6, 6.07) is 23.1. The lowest BCUT2D eigenvalue weighted by Gasteiger charge is -2.26. The summed E-state index contributed by atoms with van der Waals surface area (Å²) in [5.41, 5.74) is 2.52. The number of benzene rings is 3. The van der Waals surface area contributed by atoms with E-state index in [9.17, 15) is 0 Å². The molecule has 2 nitrogen and oxygen atoms in total. The molecule has 0 unspecified atom stereocenters. The summed E-state index contributed by atoms with van der Waals surface area (Å²) in [6.45, 7) is 8.07. The lowest BCUT2D eigenvalue weighted by atomic mass is 9.99. The van der Waals surface area contributed by atoms with E-state index in [1.807, 2.05) is 18.2 Å². The second-order valence-electron chi connectivity index (χ2n) is 7.13. The SMILES string of the molecule is CCC(C)(C)NCc1c(OCc2ccccc2)ccc2ccccc12.Cl. The van der Waals surface area contributed by atoms with Gasteiger partial charge >= 0.3 is 0 Å². The van der Waals surface area contributed by atoms with Crippen LogP contribution in [0.2, 0.25) is 0 Å². The highest BCUT2D eigenvalue weighted by Gasteiger charge is 2.16. The number of halogens is 1. The summed E-state index contributed by atoms with van der Waals surface area (Å²) in [5, 5.41) is 6.18. The first kappa shape index (κ1) is 20.3. The maximum Gasteiger partial charge on any atom is 0.124 e. The van der Waals surface area contributed by atoms with Crippen LogP contribution in [0.15, 0.2) is 66.7 Å². The normalized spacial score (nSPS) is 11.2. The molecule has 0 bridgehead atoms. The van der Waals surface area contributed by atoms with Crippen molar-refractivity contribution < 1.29 is 4.74 Å². The van der Waals surface area contributed by atoms with E-state index in [0.29, 0.717) is 6.61 Å². The zero-order valence-corrected chi connectivity index (χ0v) is 16.6. The van der Waals surface area contributed by atoms with Crippen LogP contribution in [0.25, 0.3) is 10.8 Å². The van der Waals surface area contributed by atoms with Gasteiger partial charge in [-0.2, -0.15) is 0 Å². The third kappa shape index (κ3) is 5.00. The quantitative estimate of drug-likeness (QED) is 0.541. The molecule has 0 aromatic heterocycles. The van der Waals surface area contributed by atoms with E-state index < -0.39 is 0 Å². The van der Waals surface area contributed by atoms with E-state index >= 15 is 0 Å². The highest BCUT2D eigenvalue weighted by molar-refractivity contribution is 5.87. The largest absolute Gasteiger partial charge is 0.489 e. The molecule has 0 amide bonds. The highest BCUT2D eigenvalue weighted by atomic mass is 35.5. The Balaban J connectivity index is 0.00000243. The topological polar surface area (TPSA) is 21.3 Å². The van der Waals surface area contributed by atoms with Crippen molar-refractivity contribution in [2.45, 2.75) is 45.9 Å². The smallest absolute Gasteiger partial charge is 0.124 e. The van der Waals surface area contributed by atoms with Gasteiger partial charge in [-0.05, 0) is 42.7 Å². The number of ether oxygens (including phenoxy) is 1. The van der Waals surface area contributed by atoms with E-state index in [-0.39, 0.29) is 17.9 Å². The first-order valence-corrected chi connectivity index (χ1v) is 9.01. The van der Waals surface area contributed by atoms with Crippen molar-refractivity contribution in [3.8, 4) is 5.75 Å². The third-order valence-electron chi connectivity index (χ3n) is 4.86. The summed E-state index contributed by atoms with van der Waals surface area (Å²) in [4.78, 5) is 0. The van der Waals surface area contributed by atoms with Gasteiger partial charge in [-0.3, -0.25) is 0 Å². The van der Waals surface area contributed by atoms with Crippen LogP contribution in [-0.4, -0.2) is 5.54 Å². The lowest BCUT2D eigenvalue weighted by molar-refractivity contribution is 0.299. The van der Waals surface area contributed by atoms with Crippen LogP contribution in [0.5, 0.6) is 5.75 Å². The average molecular weight is 370 g/mol. The molecule has 138 valence electrons. The highest BCUT2D eigenvalue weighted by Crippen LogP contribution is 2.29. The molecular formula is C23H28ClNO.